The van der Waals surface area contributed by atoms with Crippen LogP contribution in [0.5, 0.6) is 0 Å². The van der Waals surface area contributed by atoms with Gasteiger partial charge >= 0.3 is 12.0 Å². The molecular formula is C14H28N2O3. The number of amides is 2. The van der Waals surface area contributed by atoms with E-state index in [1.807, 2.05) is 20.8 Å². The van der Waals surface area contributed by atoms with Gasteiger partial charge in [-0.25, -0.2) is 9.59 Å². The van der Waals surface area contributed by atoms with Crippen molar-refractivity contribution in [1.82, 2.24) is 10.2 Å². The molecule has 0 rings (SSSR count). The number of carboxylic acids is 1. The molecule has 0 bridgehead atoms. The van der Waals surface area contributed by atoms with Gasteiger partial charge in [0.1, 0.15) is 6.04 Å². The van der Waals surface area contributed by atoms with Crippen LogP contribution < -0.4 is 5.32 Å². The molecule has 0 saturated carbocycles. The van der Waals surface area contributed by atoms with E-state index >= 15 is 0 Å². The van der Waals surface area contributed by atoms with Crippen LogP contribution in [0, 0.1) is 11.8 Å². The van der Waals surface area contributed by atoms with E-state index in [9.17, 15) is 9.59 Å². The van der Waals surface area contributed by atoms with Gasteiger partial charge in [0, 0.05) is 13.1 Å². The van der Waals surface area contributed by atoms with Gasteiger partial charge in [-0.15, -0.1) is 0 Å². The van der Waals surface area contributed by atoms with Crippen LogP contribution in [-0.4, -0.2) is 41.1 Å². The second-order valence-electron chi connectivity index (χ2n) is 6.06. The van der Waals surface area contributed by atoms with Gasteiger partial charge in [-0.3, -0.25) is 0 Å². The zero-order chi connectivity index (χ0) is 15.2. The quantitative estimate of drug-likeness (QED) is 0.748. The molecule has 0 saturated heterocycles. The van der Waals surface area contributed by atoms with Gasteiger partial charge in [0.15, 0.2) is 0 Å². The minimum absolute atomic E-state index is 0.0912. The third kappa shape index (κ3) is 7.03. The number of hydrogen-bond acceptors (Lipinski definition) is 2. The molecule has 0 aromatic rings. The fourth-order valence-corrected chi connectivity index (χ4v) is 1.98. The number of urea groups is 1. The zero-order valence-electron chi connectivity index (χ0n) is 12.9. The Morgan fingerprint density at radius 2 is 1.53 bits per heavy atom. The molecule has 0 aromatic heterocycles. The number of carboxylic acid groups (broad SMARTS) is 1. The molecule has 0 heterocycles. The second-order valence-corrected chi connectivity index (χ2v) is 6.06. The van der Waals surface area contributed by atoms with Crippen LogP contribution in [0.15, 0.2) is 0 Å². The zero-order valence-corrected chi connectivity index (χ0v) is 12.9. The van der Waals surface area contributed by atoms with Gasteiger partial charge in [-0.05, 0) is 31.6 Å². The predicted octanol–water partition coefficient (Wildman–Crippen LogP) is 2.56. The Balaban J connectivity index is 4.50. The lowest BCUT2D eigenvalue weighted by molar-refractivity contribution is -0.139. The van der Waals surface area contributed by atoms with Crippen molar-refractivity contribution in [2.24, 2.45) is 11.8 Å². The number of hydrogen-bond donors (Lipinski definition) is 2. The Labute approximate surface area is 116 Å². The average molecular weight is 272 g/mol. The van der Waals surface area contributed by atoms with Crippen molar-refractivity contribution in [2.75, 3.05) is 7.05 Å². The maximum absolute atomic E-state index is 12.0. The fourth-order valence-electron chi connectivity index (χ4n) is 1.98. The number of aliphatic carboxylic acids is 1. The molecule has 0 aliphatic heterocycles. The van der Waals surface area contributed by atoms with Crippen molar-refractivity contribution < 1.29 is 14.7 Å². The van der Waals surface area contributed by atoms with E-state index in [0.717, 1.165) is 6.42 Å². The summed E-state index contributed by atoms with van der Waals surface area (Å²) in [6.45, 7) is 10.0. The third-order valence-corrected chi connectivity index (χ3v) is 3.10. The third-order valence-electron chi connectivity index (χ3n) is 3.10. The standard InChI is InChI=1S/C14H28N2O3/c1-9(2)7-11(5)16(6)14(19)15-12(13(17)18)8-10(3)4/h9-12H,7-8H2,1-6H3,(H,15,19)(H,17,18)/t11?,12-/m0/s1. The Morgan fingerprint density at radius 1 is 1.05 bits per heavy atom. The smallest absolute Gasteiger partial charge is 0.326 e. The molecule has 2 amide bonds. The van der Waals surface area contributed by atoms with Crippen LogP contribution in [-0.2, 0) is 4.79 Å². The Kier molecular flexibility index (Phi) is 7.49. The van der Waals surface area contributed by atoms with Crippen LogP contribution in [0.1, 0.15) is 47.5 Å². The molecule has 0 spiro atoms. The van der Waals surface area contributed by atoms with Crippen molar-refractivity contribution >= 4 is 12.0 Å². The number of nitrogens with zero attached hydrogens (tertiary/aromatic N) is 1. The average Bonchev–Trinajstić information content (AvgIpc) is 2.25. The van der Waals surface area contributed by atoms with Gasteiger partial charge in [0.05, 0.1) is 0 Å². The lowest BCUT2D eigenvalue weighted by atomic mass is 10.0. The van der Waals surface area contributed by atoms with Crippen molar-refractivity contribution in [3.05, 3.63) is 0 Å². The monoisotopic (exact) mass is 272 g/mol. The number of carbonyl (C=O) groups is 2. The van der Waals surface area contributed by atoms with Crippen LogP contribution in [0.25, 0.3) is 0 Å². The summed E-state index contributed by atoms with van der Waals surface area (Å²) in [6, 6.07) is -1.05. The van der Waals surface area contributed by atoms with E-state index < -0.39 is 12.0 Å². The van der Waals surface area contributed by atoms with E-state index in [2.05, 4.69) is 19.2 Å². The lowest BCUT2D eigenvalue weighted by Crippen LogP contribution is -2.49. The summed E-state index contributed by atoms with van der Waals surface area (Å²) < 4.78 is 0. The number of nitrogens with one attached hydrogen (secondary N) is 1. The molecule has 112 valence electrons. The molecule has 0 aromatic carbocycles. The molecule has 2 atom stereocenters. The first kappa shape index (κ1) is 17.7. The van der Waals surface area contributed by atoms with Crippen molar-refractivity contribution in [2.45, 2.75) is 59.5 Å². The van der Waals surface area contributed by atoms with Crippen molar-refractivity contribution in [1.29, 1.82) is 0 Å². The highest BCUT2D eigenvalue weighted by Crippen LogP contribution is 2.11. The summed E-state index contributed by atoms with van der Waals surface area (Å²) in [7, 11) is 1.71. The van der Waals surface area contributed by atoms with Gasteiger partial charge < -0.3 is 15.3 Å². The predicted molar refractivity (Wildman–Crippen MR) is 76.1 cm³/mol. The molecular weight excluding hydrogens is 244 g/mol. The summed E-state index contributed by atoms with van der Waals surface area (Å²) in [6.07, 6.45) is 1.33. The first-order chi connectivity index (χ1) is 8.65. The van der Waals surface area contributed by atoms with Crippen LogP contribution in [0.4, 0.5) is 4.79 Å². The minimum atomic E-state index is -0.980. The molecule has 0 aliphatic carbocycles. The van der Waals surface area contributed by atoms with Gasteiger partial charge in [-0.2, -0.15) is 0 Å². The highest BCUT2D eigenvalue weighted by molar-refractivity contribution is 5.82. The highest BCUT2D eigenvalue weighted by atomic mass is 16.4. The van der Waals surface area contributed by atoms with Gasteiger partial charge in [0.25, 0.3) is 0 Å². The normalized spacial score (nSPS) is 14.3. The maximum Gasteiger partial charge on any atom is 0.326 e. The fraction of sp³-hybridized carbons (Fsp3) is 0.857. The molecule has 2 N–H and O–H groups in total. The van der Waals surface area contributed by atoms with E-state index in [4.69, 9.17) is 5.11 Å². The number of rotatable bonds is 7. The molecule has 19 heavy (non-hydrogen) atoms. The Bertz CT molecular complexity index is 303. The summed E-state index contributed by atoms with van der Waals surface area (Å²) in [5.74, 6) is -0.261. The topological polar surface area (TPSA) is 69.6 Å². The van der Waals surface area contributed by atoms with Gasteiger partial charge in [-0.1, -0.05) is 27.7 Å². The summed E-state index contributed by atoms with van der Waals surface area (Å²) in [4.78, 5) is 24.7. The molecule has 5 heteroatoms. The van der Waals surface area contributed by atoms with E-state index in [1.54, 1.807) is 11.9 Å². The first-order valence-electron chi connectivity index (χ1n) is 6.91. The molecule has 0 radical (unpaired) electrons. The number of carbonyl (C=O) groups excluding carboxylic acids is 1. The van der Waals surface area contributed by atoms with Gasteiger partial charge in [0.2, 0.25) is 0 Å². The van der Waals surface area contributed by atoms with Crippen LogP contribution >= 0.6 is 0 Å². The minimum Gasteiger partial charge on any atom is -0.480 e. The SMILES string of the molecule is CC(C)CC(C)N(C)C(=O)N[C@@H](CC(C)C)C(=O)O. The first-order valence-corrected chi connectivity index (χ1v) is 6.91. The molecule has 5 nitrogen and oxygen atoms in total. The Morgan fingerprint density at radius 3 is 1.89 bits per heavy atom. The van der Waals surface area contributed by atoms with E-state index in [0.29, 0.717) is 12.3 Å². The second kappa shape index (κ2) is 8.02. The molecule has 1 unspecified atom stereocenters. The van der Waals surface area contributed by atoms with Crippen molar-refractivity contribution in [3.63, 3.8) is 0 Å². The van der Waals surface area contributed by atoms with Crippen LogP contribution in [0.2, 0.25) is 0 Å². The summed E-state index contributed by atoms with van der Waals surface area (Å²) in [5.41, 5.74) is 0. The summed E-state index contributed by atoms with van der Waals surface area (Å²) in [5, 5.41) is 11.7. The molecule has 0 fully saturated rings. The van der Waals surface area contributed by atoms with Crippen molar-refractivity contribution in [3.8, 4) is 0 Å². The maximum atomic E-state index is 12.0. The summed E-state index contributed by atoms with van der Waals surface area (Å²) >= 11 is 0. The van der Waals surface area contributed by atoms with E-state index in [1.165, 1.54) is 0 Å². The lowest BCUT2D eigenvalue weighted by Gasteiger charge is -2.28. The highest BCUT2D eigenvalue weighted by Gasteiger charge is 2.24. The Hall–Kier alpha value is -1.26. The largest absolute Gasteiger partial charge is 0.480 e. The molecule has 0 aliphatic rings. The van der Waals surface area contributed by atoms with Crippen LogP contribution in [0.3, 0.4) is 0 Å². The van der Waals surface area contributed by atoms with E-state index in [-0.39, 0.29) is 18.0 Å².